The Morgan fingerprint density at radius 3 is 1.39 bits per heavy atom. The van der Waals surface area contributed by atoms with Crippen LogP contribution in [0.15, 0.2) is 117 Å². The van der Waals surface area contributed by atoms with Gasteiger partial charge in [0, 0.05) is 155 Å². The SMILES string of the molecule is COc1ccc(CN2C3CC2CN(c2ccn(-c4cc(OCC(C)(C)O)cn5ncc(C#N)c45)n2)C3)cn1.COc1ccc(CN2C3CC2CN(c2nnc(-c4cc(OCCO)cn5ncc(C#N)c45)s2)C3)cn1.COc1ncc(CN2C3CC2CN(c2nnc(-c4cc(OCCO)cn5ncc(C#N)c45)s2)C3)cc1F. The van der Waals surface area contributed by atoms with Crippen LogP contribution in [0.5, 0.6) is 34.9 Å². The lowest BCUT2D eigenvalue weighted by Gasteiger charge is -2.56. The van der Waals surface area contributed by atoms with Crippen LogP contribution in [0.3, 0.4) is 0 Å². The number of piperazine rings is 3. The monoisotopic (exact) mass is 1540 g/mol. The molecule has 12 aromatic heterocycles. The third kappa shape index (κ3) is 15.1. The number of aliphatic hydroxyl groups is 3. The van der Waals surface area contributed by atoms with E-state index >= 15 is 0 Å². The van der Waals surface area contributed by atoms with Gasteiger partial charge in [0.2, 0.25) is 27.9 Å². The van der Waals surface area contributed by atoms with E-state index in [1.54, 1.807) is 77.1 Å². The summed E-state index contributed by atoms with van der Waals surface area (Å²) in [5.41, 5.74) is 7.61. The van der Waals surface area contributed by atoms with E-state index in [9.17, 15) is 25.3 Å². The zero-order valence-corrected chi connectivity index (χ0v) is 62.8. The summed E-state index contributed by atoms with van der Waals surface area (Å²) < 4.78 is 53.0. The predicted octanol–water partition coefficient (Wildman–Crippen LogP) is 6.47. The summed E-state index contributed by atoms with van der Waals surface area (Å²) in [5.74, 6) is 3.29. The van der Waals surface area contributed by atoms with Crippen molar-refractivity contribution in [2.45, 2.75) is 94.6 Å². The van der Waals surface area contributed by atoms with Gasteiger partial charge in [-0.3, -0.25) is 14.7 Å². The number of ether oxygens (including phenoxy) is 6. The molecule has 9 saturated heterocycles. The van der Waals surface area contributed by atoms with Crippen LogP contribution in [0.1, 0.15) is 66.5 Å². The highest BCUT2D eigenvalue weighted by Gasteiger charge is 2.48. The summed E-state index contributed by atoms with van der Waals surface area (Å²) in [7, 11) is 4.65. The van der Waals surface area contributed by atoms with E-state index in [1.165, 1.54) is 78.4 Å². The molecule has 0 radical (unpaired) electrons. The number of aliphatic hydroxyl groups excluding tert-OH is 2. The number of rotatable bonds is 24. The normalized spacial score (nSPS) is 19.2. The number of piperidine rings is 3. The van der Waals surface area contributed by atoms with Gasteiger partial charge in [-0.15, -0.1) is 20.4 Å². The second-order valence-electron chi connectivity index (χ2n) is 28.4. The molecular weight excluding hydrogens is 1460 g/mol. The van der Waals surface area contributed by atoms with Gasteiger partial charge in [0.25, 0.3) is 0 Å². The van der Waals surface area contributed by atoms with Crippen molar-refractivity contribution in [3.05, 3.63) is 156 Å². The molecule has 6 atom stereocenters. The standard InChI is InChI=1S/C27H30N8O3.C24H23FN8O3S.C24H24N8O3S/c1-27(2,36)17-38-22-9-23(26-19(10-28)12-30-35(26)16-22)34-7-6-24(31-34)32-14-20-8-21(15-32)33(20)13-18-4-5-25(37-3)29-11-18;1-35-22-20(25)4-14(8-27-22)10-32-16-5-17(32)12-31(11-16)24-30-29-23(37-24)19-6-18(36-3-2-34)13-33-21(19)15(7-26)9-28-33;1-34-21-3-2-15(9-26-21)11-31-17-6-18(31)13-30(12-17)24-29-28-23(36-24)20-7-19(35-5-4-33)14-32-22(20)16(8-25)10-27-32/h4-7,9,11-12,16,20-21,36H,8,13-15,17H2,1-3H3;4,6,8-9,13,16-17,34H,2-3,5,10-12H2,1H3;2-3,7,9-10,14,17-18,33H,4-6,11-13H2,1H3. The van der Waals surface area contributed by atoms with Crippen LogP contribution in [-0.2, 0) is 19.6 Å². The minimum Gasteiger partial charge on any atom is -0.490 e. The topological polar surface area (TPSA) is 367 Å². The van der Waals surface area contributed by atoms with Gasteiger partial charge in [-0.25, -0.2) is 37.6 Å². The lowest BCUT2D eigenvalue weighted by atomic mass is 9.87. The lowest BCUT2D eigenvalue weighted by molar-refractivity contribution is -0.00879. The molecular formula is C75H77FN24O9S2. The van der Waals surface area contributed by atoms with Gasteiger partial charge in [-0.2, -0.15) is 36.2 Å². The van der Waals surface area contributed by atoms with Crippen molar-refractivity contribution in [1.82, 2.24) is 88.7 Å². The summed E-state index contributed by atoms with van der Waals surface area (Å²) in [4.78, 5) is 27.0. The number of hydrogen-bond acceptors (Lipinski definition) is 31. The summed E-state index contributed by atoms with van der Waals surface area (Å²) >= 11 is 2.95. The van der Waals surface area contributed by atoms with Crippen molar-refractivity contribution in [1.29, 1.82) is 15.8 Å². The van der Waals surface area contributed by atoms with E-state index in [0.29, 0.717) is 126 Å². The van der Waals surface area contributed by atoms with E-state index in [1.807, 2.05) is 48.9 Å². The Morgan fingerprint density at radius 1 is 0.523 bits per heavy atom. The summed E-state index contributed by atoms with van der Waals surface area (Å²) in [6, 6.07) is 26.0. The number of methoxy groups -OCH3 is 3. The highest BCUT2D eigenvalue weighted by molar-refractivity contribution is 7.18. The molecule has 0 amide bonds. The Labute approximate surface area is 643 Å². The number of pyridine rings is 6. The number of anilines is 3. The first kappa shape index (κ1) is 73.4. The molecule has 6 unspecified atom stereocenters. The number of nitriles is 3. The third-order valence-electron chi connectivity index (χ3n) is 20.6. The first-order valence-electron chi connectivity index (χ1n) is 36.0. The van der Waals surface area contributed by atoms with Gasteiger partial charge in [0.05, 0.1) is 111 Å². The number of fused-ring (bicyclic) bond motifs is 9. The van der Waals surface area contributed by atoms with Crippen LogP contribution in [-0.4, -0.2) is 239 Å². The number of hydrogen-bond donors (Lipinski definition) is 3. The fourth-order valence-corrected chi connectivity index (χ4v) is 17.0. The van der Waals surface area contributed by atoms with Gasteiger partial charge < -0.3 is 58.4 Å². The predicted molar refractivity (Wildman–Crippen MR) is 404 cm³/mol. The fraction of sp³-hybridized carbons (Fsp3) is 0.387. The average molecular weight is 1540 g/mol. The van der Waals surface area contributed by atoms with Crippen molar-refractivity contribution in [2.75, 3.05) is 108 Å². The zero-order chi connectivity index (χ0) is 76.6. The van der Waals surface area contributed by atoms with Crippen LogP contribution in [0, 0.1) is 39.8 Å². The van der Waals surface area contributed by atoms with Crippen LogP contribution in [0.25, 0.3) is 43.4 Å². The first-order chi connectivity index (χ1) is 54.0. The second kappa shape index (κ2) is 31.3. The Morgan fingerprint density at radius 2 is 0.964 bits per heavy atom. The Hall–Kier alpha value is -11.8. The molecule has 33 nitrogen and oxygen atoms in total. The number of aromatic nitrogens is 15. The summed E-state index contributed by atoms with van der Waals surface area (Å²) in [5, 5.41) is 95.8. The van der Waals surface area contributed by atoms with Gasteiger partial charge in [-0.05, 0) is 68.0 Å². The Kier molecular flexibility index (Phi) is 20.7. The van der Waals surface area contributed by atoms with Crippen LogP contribution < -0.4 is 43.1 Å². The molecule has 9 fully saturated rings. The molecule has 36 heteroatoms. The van der Waals surface area contributed by atoms with Crippen LogP contribution >= 0.6 is 22.7 Å². The molecule has 9 aliphatic rings. The molecule has 111 heavy (non-hydrogen) atoms. The summed E-state index contributed by atoms with van der Waals surface area (Å²) in [6.45, 7) is 11.1. The van der Waals surface area contributed by atoms with E-state index in [2.05, 4.69) is 110 Å². The van der Waals surface area contributed by atoms with Gasteiger partial charge in [0.15, 0.2) is 21.7 Å². The number of nitrogens with zero attached hydrogens (tertiary/aromatic N) is 24. The van der Waals surface area contributed by atoms with E-state index < -0.39 is 11.4 Å². The minimum atomic E-state index is -0.983. The largest absolute Gasteiger partial charge is 0.490 e. The molecule has 12 aromatic rings. The van der Waals surface area contributed by atoms with Crippen LogP contribution in [0.2, 0.25) is 0 Å². The van der Waals surface area contributed by atoms with Gasteiger partial charge in [-0.1, -0.05) is 34.8 Å². The molecule has 21 heterocycles. The van der Waals surface area contributed by atoms with Gasteiger partial charge in [0.1, 0.15) is 60.8 Å². The van der Waals surface area contributed by atoms with E-state index in [-0.39, 0.29) is 38.9 Å². The Balaban J connectivity index is 0.000000126. The van der Waals surface area contributed by atoms with E-state index in [4.69, 9.17) is 43.7 Å². The molecule has 21 rings (SSSR count). The molecule has 0 spiro atoms. The van der Waals surface area contributed by atoms with Crippen molar-refractivity contribution in [3.63, 3.8) is 0 Å². The van der Waals surface area contributed by atoms with Crippen LogP contribution in [0.4, 0.5) is 20.5 Å². The van der Waals surface area contributed by atoms with Crippen molar-refractivity contribution >= 4 is 55.3 Å². The Bertz CT molecular complexity index is 5460. The highest BCUT2D eigenvalue weighted by Crippen LogP contribution is 2.43. The lowest BCUT2D eigenvalue weighted by Crippen LogP contribution is -2.68. The molecule has 9 aliphatic heterocycles. The third-order valence-corrected chi connectivity index (χ3v) is 22.6. The maximum Gasteiger partial charge on any atom is 0.250 e. The first-order valence-corrected chi connectivity index (χ1v) is 37.7. The molecule has 3 N–H and O–H groups in total. The molecule has 570 valence electrons. The summed E-state index contributed by atoms with van der Waals surface area (Å²) in [6.07, 6.45) is 20.4. The quantitative estimate of drug-likeness (QED) is 0.0583. The van der Waals surface area contributed by atoms with Crippen molar-refractivity contribution < 1.29 is 48.1 Å². The average Bonchev–Trinajstić information content (AvgIpc) is 1.63. The molecule has 6 bridgehead atoms. The van der Waals surface area contributed by atoms with Gasteiger partial charge >= 0.3 is 0 Å². The smallest absolute Gasteiger partial charge is 0.250 e. The second-order valence-corrected chi connectivity index (χ2v) is 30.3. The maximum atomic E-state index is 14.1. The fourth-order valence-electron chi connectivity index (χ4n) is 15.3. The molecule has 0 saturated carbocycles. The van der Waals surface area contributed by atoms with Crippen molar-refractivity contribution in [3.8, 4) is 79.9 Å². The minimum absolute atomic E-state index is 0.00592. The molecule has 0 aromatic carbocycles. The zero-order valence-electron chi connectivity index (χ0n) is 61.2. The van der Waals surface area contributed by atoms with E-state index in [0.717, 1.165) is 86.0 Å². The number of halogens is 1. The van der Waals surface area contributed by atoms with Crippen molar-refractivity contribution in [2.24, 2.45) is 0 Å². The maximum absolute atomic E-state index is 14.1. The molecule has 0 aliphatic carbocycles. The highest BCUT2D eigenvalue weighted by atomic mass is 32.1.